The molecule has 0 atom stereocenters. The van der Waals surface area contributed by atoms with Crippen molar-refractivity contribution in [1.82, 2.24) is 0 Å². The Bertz CT molecular complexity index is 549. The maximum Gasteiger partial charge on any atom is 0.295 e. The second-order valence-corrected chi connectivity index (χ2v) is 4.19. The molecule has 0 aliphatic carbocycles. The van der Waals surface area contributed by atoms with Crippen molar-refractivity contribution in [2.45, 2.75) is 26.2 Å². The molecule has 0 fully saturated rings. The zero-order valence-electron chi connectivity index (χ0n) is 11.2. The van der Waals surface area contributed by atoms with Crippen molar-refractivity contribution >= 4 is 23.3 Å². The van der Waals surface area contributed by atoms with Gasteiger partial charge in [-0.25, -0.2) is 4.99 Å². The number of nitrogens with two attached hydrogens (primary N) is 3. The summed E-state index contributed by atoms with van der Waals surface area (Å²) in [5, 5.41) is 11.1. The Balaban J connectivity index is 3.14. The summed E-state index contributed by atoms with van der Waals surface area (Å²) >= 11 is 0. The van der Waals surface area contributed by atoms with E-state index in [9.17, 15) is 10.1 Å². The highest BCUT2D eigenvalue weighted by atomic mass is 16.6. The molecule has 0 aromatic heterocycles. The highest BCUT2D eigenvalue weighted by molar-refractivity contribution is 5.94. The van der Waals surface area contributed by atoms with Crippen LogP contribution in [0.2, 0.25) is 0 Å². The highest BCUT2D eigenvalue weighted by Crippen LogP contribution is 2.28. The van der Waals surface area contributed by atoms with Crippen LogP contribution < -0.4 is 17.2 Å². The van der Waals surface area contributed by atoms with Crippen LogP contribution in [0.3, 0.4) is 0 Å². The monoisotopic (exact) mass is 278 g/mol. The number of aryl methyl sites for hydroxylation is 1. The molecule has 6 N–H and O–H groups in total. The lowest BCUT2D eigenvalue weighted by Gasteiger charge is -2.03. The Hall–Kier alpha value is -2.64. The molecule has 1 rings (SSSR count). The number of hydrogen-bond donors (Lipinski definition) is 3. The van der Waals surface area contributed by atoms with Crippen LogP contribution in [0.15, 0.2) is 28.2 Å². The van der Waals surface area contributed by atoms with E-state index in [2.05, 4.69) is 16.9 Å². The average molecular weight is 278 g/mol. The first kappa shape index (κ1) is 15.4. The summed E-state index contributed by atoms with van der Waals surface area (Å²) in [6.45, 7) is 2.06. The van der Waals surface area contributed by atoms with Crippen LogP contribution in [-0.2, 0) is 6.42 Å². The van der Waals surface area contributed by atoms with Gasteiger partial charge >= 0.3 is 0 Å². The molecule has 0 amide bonds. The van der Waals surface area contributed by atoms with Crippen LogP contribution >= 0.6 is 0 Å². The Morgan fingerprint density at radius 2 is 2.05 bits per heavy atom. The summed E-state index contributed by atoms with van der Waals surface area (Å²) in [6, 6.07) is 4.82. The Kier molecular flexibility index (Phi) is 5.45. The van der Waals surface area contributed by atoms with Crippen molar-refractivity contribution in [3.05, 3.63) is 33.9 Å². The first-order valence-electron chi connectivity index (χ1n) is 6.15. The molecule has 0 unspecified atom stereocenters. The third-order valence-corrected chi connectivity index (χ3v) is 2.53. The van der Waals surface area contributed by atoms with E-state index >= 15 is 0 Å². The minimum Gasteiger partial charge on any atom is -0.370 e. The van der Waals surface area contributed by atoms with Gasteiger partial charge in [-0.05, 0) is 24.5 Å². The Labute approximate surface area is 116 Å². The number of benzene rings is 1. The number of unbranched alkanes of at least 4 members (excludes halogenated alkanes) is 1. The standard InChI is InChI=1S/C12H18N6O2/c1-2-3-4-8-5-6-9(10(7-8)18(19)20)16-12(15)17-11(13)14/h5-7H,2-4H2,1H3,(H6,13,14,15,16,17). The fraction of sp³-hybridized carbons (Fsp3) is 0.333. The van der Waals surface area contributed by atoms with E-state index < -0.39 is 4.92 Å². The Morgan fingerprint density at radius 1 is 1.35 bits per heavy atom. The highest BCUT2D eigenvalue weighted by Gasteiger charge is 2.14. The van der Waals surface area contributed by atoms with Gasteiger partial charge in [-0.3, -0.25) is 10.1 Å². The van der Waals surface area contributed by atoms with Crippen LogP contribution in [0.1, 0.15) is 25.3 Å². The molecule has 0 spiro atoms. The summed E-state index contributed by atoms with van der Waals surface area (Å²) < 4.78 is 0. The van der Waals surface area contributed by atoms with Gasteiger partial charge in [0, 0.05) is 6.07 Å². The van der Waals surface area contributed by atoms with Crippen LogP contribution in [-0.4, -0.2) is 16.8 Å². The predicted molar refractivity (Wildman–Crippen MR) is 78.8 cm³/mol. The molecule has 0 aliphatic rings. The van der Waals surface area contributed by atoms with Crippen LogP contribution in [0.4, 0.5) is 11.4 Å². The summed E-state index contributed by atoms with van der Waals surface area (Å²) in [5.41, 5.74) is 16.7. The molecule has 0 radical (unpaired) electrons. The van der Waals surface area contributed by atoms with Gasteiger partial charge in [0.25, 0.3) is 5.69 Å². The van der Waals surface area contributed by atoms with Crippen LogP contribution in [0.25, 0.3) is 0 Å². The van der Waals surface area contributed by atoms with E-state index in [0.717, 1.165) is 24.8 Å². The molecular weight excluding hydrogens is 260 g/mol. The van der Waals surface area contributed by atoms with E-state index in [-0.39, 0.29) is 23.3 Å². The van der Waals surface area contributed by atoms with Gasteiger partial charge in [0.2, 0.25) is 5.96 Å². The third kappa shape index (κ3) is 4.56. The number of nitro groups is 1. The molecule has 8 heteroatoms. The lowest BCUT2D eigenvalue weighted by Crippen LogP contribution is -2.26. The second kappa shape index (κ2) is 7.07. The molecule has 0 heterocycles. The van der Waals surface area contributed by atoms with Gasteiger partial charge in [0.05, 0.1) is 4.92 Å². The van der Waals surface area contributed by atoms with Crippen molar-refractivity contribution in [2.24, 2.45) is 27.2 Å². The second-order valence-electron chi connectivity index (χ2n) is 4.19. The zero-order valence-corrected chi connectivity index (χ0v) is 11.2. The van der Waals surface area contributed by atoms with Gasteiger partial charge in [-0.1, -0.05) is 19.4 Å². The van der Waals surface area contributed by atoms with Crippen molar-refractivity contribution in [1.29, 1.82) is 0 Å². The van der Waals surface area contributed by atoms with Gasteiger partial charge in [0.1, 0.15) is 5.69 Å². The summed E-state index contributed by atoms with van der Waals surface area (Å²) in [6.07, 6.45) is 2.77. The van der Waals surface area contributed by atoms with E-state index in [0.29, 0.717) is 0 Å². The lowest BCUT2D eigenvalue weighted by molar-refractivity contribution is -0.384. The number of nitrogens with zero attached hydrogens (tertiary/aromatic N) is 3. The van der Waals surface area contributed by atoms with Crippen molar-refractivity contribution in [3.8, 4) is 0 Å². The number of rotatable bonds is 5. The number of aliphatic imine (C=N–C) groups is 2. The fourth-order valence-corrected chi connectivity index (χ4v) is 1.63. The maximum absolute atomic E-state index is 11.1. The van der Waals surface area contributed by atoms with E-state index in [4.69, 9.17) is 17.2 Å². The summed E-state index contributed by atoms with van der Waals surface area (Å²) in [7, 11) is 0. The molecule has 8 nitrogen and oxygen atoms in total. The molecule has 0 saturated heterocycles. The fourth-order valence-electron chi connectivity index (χ4n) is 1.63. The molecule has 20 heavy (non-hydrogen) atoms. The molecule has 1 aromatic rings. The lowest BCUT2D eigenvalue weighted by atomic mass is 10.1. The smallest absolute Gasteiger partial charge is 0.295 e. The number of nitro benzene ring substituents is 1. The molecule has 108 valence electrons. The quantitative estimate of drug-likeness (QED) is 0.320. The first-order chi connectivity index (χ1) is 9.43. The topological polar surface area (TPSA) is 146 Å². The molecule has 1 aromatic carbocycles. The minimum absolute atomic E-state index is 0.118. The molecule has 0 saturated carbocycles. The summed E-state index contributed by atoms with van der Waals surface area (Å²) in [5.74, 6) is -0.483. The van der Waals surface area contributed by atoms with Crippen molar-refractivity contribution in [2.75, 3.05) is 0 Å². The molecule has 0 aliphatic heterocycles. The van der Waals surface area contributed by atoms with Crippen LogP contribution in [0, 0.1) is 10.1 Å². The molecule has 0 bridgehead atoms. The van der Waals surface area contributed by atoms with Gasteiger partial charge < -0.3 is 17.2 Å². The first-order valence-corrected chi connectivity index (χ1v) is 6.15. The van der Waals surface area contributed by atoms with Crippen molar-refractivity contribution in [3.63, 3.8) is 0 Å². The Morgan fingerprint density at radius 3 is 2.60 bits per heavy atom. The summed E-state index contributed by atoms with van der Waals surface area (Å²) in [4.78, 5) is 17.9. The number of hydrogen-bond acceptors (Lipinski definition) is 3. The largest absolute Gasteiger partial charge is 0.370 e. The third-order valence-electron chi connectivity index (χ3n) is 2.53. The van der Waals surface area contributed by atoms with E-state index in [1.165, 1.54) is 12.1 Å². The maximum atomic E-state index is 11.1. The van der Waals surface area contributed by atoms with E-state index in [1.807, 2.05) is 0 Å². The van der Waals surface area contributed by atoms with Gasteiger partial charge in [0.15, 0.2) is 5.96 Å². The average Bonchev–Trinajstić information content (AvgIpc) is 2.36. The molecular formula is C12H18N6O2. The number of guanidine groups is 2. The zero-order chi connectivity index (χ0) is 15.1. The minimum atomic E-state index is -0.503. The van der Waals surface area contributed by atoms with E-state index in [1.54, 1.807) is 6.07 Å². The van der Waals surface area contributed by atoms with Crippen molar-refractivity contribution < 1.29 is 4.92 Å². The van der Waals surface area contributed by atoms with Crippen LogP contribution in [0.5, 0.6) is 0 Å². The van der Waals surface area contributed by atoms with Gasteiger partial charge in [-0.2, -0.15) is 4.99 Å². The van der Waals surface area contributed by atoms with Gasteiger partial charge in [-0.15, -0.1) is 0 Å². The predicted octanol–water partition coefficient (Wildman–Crippen LogP) is 1.16. The normalized spacial score (nSPS) is 11.2. The SMILES string of the molecule is CCCCc1ccc(N=C(N)N=C(N)N)c([N+](=O)[O-])c1.